The highest BCUT2D eigenvalue weighted by atomic mass is 32.1. The quantitative estimate of drug-likeness (QED) is 0.708. The fourth-order valence-electron chi connectivity index (χ4n) is 3.77. The Morgan fingerprint density at radius 3 is 2.61 bits per heavy atom. The molecule has 4 rings (SSSR count). The van der Waals surface area contributed by atoms with E-state index >= 15 is 0 Å². The van der Waals surface area contributed by atoms with Gasteiger partial charge in [0.1, 0.15) is 5.75 Å². The molecule has 0 unspecified atom stereocenters. The lowest BCUT2D eigenvalue weighted by Gasteiger charge is -2.36. The molecule has 3 heterocycles. The maximum Gasteiger partial charge on any atom is 0.328 e. The highest BCUT2D eigenvalue weighted by Gasteiger charge is 2.20. The zero-order valence-electron chi connectivity index (χ0n) is 16.1. The van der Waals surface area contributed by atoms with Crippen LogP contribution in [0.4, 0.5) is 5.69 Å². The fraction of sp³-hybridized carbons (Fsp3) is 0.400. The van der Waals surface area contributed by atoms with Crippen LogP contribution in [0.2, 0.25) is 0 Å². The summed E-state index contributed by atoms with van der Waals surface area (Å²) in [6.45, 7) is 6.51. The van der Waals surface area contributed by atoms with Crippen LogP contribution in [0, 0.1) is 6.92 Å². The van der Waals surface area contributed by atoms with Crippen LogP contribution in [0.1, 0.15) is 4.88 Å². The minimum absolute atomic E-state index is 0.190. The molecular formula is C20H24N4O3S. The summed E-state index contributed by atoms with van der Waals surface area (Å²) in [5.74, 6) is 0.883. The molecule has 0 saturated carbocycles. The van der Waals surface area contributed by atoms with Gasteiger partial charge in [0.25, 0.3) is 5.56 Å². The van der Waals surface area contributed by atoms with Gasteiger partial charge in [0.2, 0.25) is 0 Å². The average molecular weight is 401 g/mol. The van der Waals surface area contributed by atoms with Gasteiger partial charge < -0.3 is 14.6 Å². The molecule has 3 aromatic rings. The van der Waals surface area contributed by atoms with Gasteiger partial charge in [-0.25, -0.2) is 4.79 Å². The van der Waals surface area contributed by atoms with Crippen molar-refractivity contribution in [1.29, 1.82) is 0 Å². The monoisotopic (exact) mass is 400 g/mol. The number of para-hydroxylation sites is 2. The second-order valence-electron chi connectivity index (χ2n) is 6.97. The first-order valence-corrected chi connectivity index (χ1v) is 10.3. The maximum atomic E-state index is 12.7. The Morgan fingerprint density at radius 1 is 1.11 bits per heavy atom. The number of piperazine rings is 1. The Balaban J connectivity index is 1.42. The van der Waals surface area contributed by atoms with E-state index in [1.54, 1.807) is 7.11 Å². The number of aromatic nitrogens is 2. The normalized spacial score (nSPS) is 15.3. The third kappa shape index (κ3) is 3.45. The molecule has 2 aromatic heterocycles. The SMILES string of the molecule is COc1ccccc1N1CCN(CCn2c(=O)[nH]c3csc(C)c3c2=O)CC1. The van der Waals surface area contributed by atoms with Crippen molar-refractivity contribution in [2.75, 3.05) is 44.7 Å². The van der Waals surface area contributed by atoms with Crippen LogP contribution in [-0.4, -0.2) is 54.3 Å². The van der Waals surface area contributed by atoms with E-state index in [4.69, 9.17) is 4.74 Å². The van der Waals surface area contributed by atoms with Crippen molar-refractivity contribution in [2.24, 2.45) is 0 Å². The minimum atomic E-state index is -0.331. The predicted molar refractivity (Wildman–Crippen MR) is 113 cm³/mol. The van der Waals surface area contributed by atoms with E-state index in [1.807, 2.05) is 30.5 Å². The van der Waals surface area contributed by atoms with Crippen molar-refractivity contribution in [3.05, 3.63) is 55.4 Å². The van der Waals surface area contributed by atoms with Gasteiger partial charge in [-0.2, -0.15) is 0 Å². The van der Waals surface area contributed by atoms with Gasteiger partial charge in [-0.05, 0) is 19.1 Å². The number of methoxy groups -OCH3 is 1. The summed E-state index contributed by atoms with van der Waals surface area (Å²) in [6.07, 6.45) is 0. The number of nitrogens with zero attached hydrogens (tertiary/aromatic N) is 3. The average Bonchev–Trinajstić information content (AvgIpc) is 3.08. The number of benzene rings is 1. The van der Waals surface area contributed by atoms with Crippen molar-refractivity contribution < 1.29 is 4.74 Å². The highest BCUT2D eigenvalue weighted by Crippen LogP contribution is 2.28. The van der Waals surface area contributed by atoms with Crippen molar-refractivity contribution in [1.82, 2.24) is 14.5 Å². The number of aryl methyl sites for hydroxylation is 1. The van der Waals surface area contributed by atoms with Gasteiger partial charge in [0.15, 0.2) is 0 Å². The molecule has 1 saturated heterocycles. The molecule has 0 aliphatic carbocycles. The zero-order valence-corrected chi connectivity index (χ0v) is 16.9. The van der Waals surface area contributed by atoms with E-state index in [9.17, 15) is 9.59 Å². The van der Waals surface area contributed by atoms with Crippen molar-refractivity contribution in [3.63, 3.8) is 0 Å². The van der Waals surface area contributed by atoms with Crippen LogP contribution < -0.4 is 20.9 Å². The molecule has 0 atom stereocenters. The smallest absolute Gasteiger partial charge is 0.328 e. The second-order valence-corrected chi connectivity index (χ2v) is 8.05. The molecule has 7 nitrogen and oxygen atoms in total. The summed E-state index contributed by atoms with van der Waals surface area (Å²) < 4.78 is 6.79. The van der Waals surface area contributed by atoms with E-state index in [-0.39, 0.29) is 11.2 Å². The van der Waals surface area contributed by atoms with Gasteiger partial charge >= 0.3 is 5.69 Å². The third-order valence-electron chi connectivity index (χ3n) is 5.36. The number of aromatic amines is 1. The Hall–Kier alpha value is -2.58. The lowest BCUT2D eigenvalue weighted by atomic mass is 10.2. The molecular weight excluding hydrogens is 376 g/mol. The van der Waals surface area contributed by atoms with Crippen LogP contribution in [0.15, 0.2) is 39.2 Å². The Kier molecular flexibility index (Phi) is 5.23. The van der Waals surface area contributed by atoms with Crippen LogP contribution >= 0.6 is 11.3 Å². The molecule has 1 aliphatic rings. The van der Waals surface area contributed by atoms with Gasteiger partial charge in [-0.1, -0.05) is 12.1 Å². The van der Waals surface area contributed by atoms with Crippen molar-refractivity contribution in [3.8, 4) is 5.75 Å². The van der Waals surface area contributed by atoms with Crippen LogP contribution in [0.3, 0.4) is 0 Å². The molecule has 0 spiro atoms. The maximum absolute atomic E-state index is 12.7. The van der Waals surface area contributed by atoms with Gasteiger partial charge in [0, 0.05) is 49.5 Å². The third-order valence-corrected chi connectivity index (χ3v) is 6.27. The summed E-state index contributed by atoms with van der Waals surface area (Å²) in [4.78, 5) is 33.4. The molecule has 0 radical (unpaired) electrons. The summed E-state index contributed by atoms with van der Waals surface area (Å²) in [5.41, 5.74) is 1.22. The summed E-state index contributed by atoms with van der Waals surface area (Å²) in [6, 6.07) is 8.04. The Morgan fingerprint density at radius 2 is 1.86 bits per heavy atom. The summed E-state index contributed by atoms with van der Waals surface area (Å²) in [7, 11) is 1.69. The van der Waals surface area contributed by atoms with Gasteiger partial charge in [0.05, 0.1) is 23.7 Å². The Labute approximate surface area is 166 Å². The first-order valence-electron chi connectivity index (χ1n) is 9.39. The van der Waals surface area contributed by atoms with Crippen LogP contribution in [-0.2, 0) is 6.54 Å². The Bertz CT molecular complexity index is 1090. The number of hydrogen-bond donors (Lipinski definition) is 1. The van der Waals surface area contributed by atoms with E-state index in [0.29, 0.717) is 24.0 Å². The fourth-order valence-corrected chi connectivity index (χ4v) is 4.56. The lowest BCUT2D eigenvalue weighted by molar-refractivity contribution is 0.245. The predicted octanol–water partition coefficient (Wildman–Crippen LogP) is 1.89. The number of fused-ring (bicyclic) bond motifs is 1. The minimum Gasteiger partial charge on any atom is -0.495 e. The number of ether oxygens (including phenoxy) is 1. The van der Waals surface area contributed by atoms with Crippen LogP contribution in [0.25, 0.3) is 10.9 Å². The molecule has 148 valence electrons. The van der Waals surface area contributed by atoms with E-state index in [0.717, 1.165) is 42.5 Å². The summed E-state index contributed by atoms with van der Waals surface area (Å²) >= 11 is 1.49. The van der Waals surface area contributed by atoms with Gasteiger partial charge in [-0.15, -0.1) is 11.3 Å². The first-order chi connectivity index (χ1) is 13.6. The second kappa shape index (κ2) is 7.81. The molecule has 28 heavy (non-hydrogen) atoms. The number of rotatable bonds is 5. The van der Waals surface area contributed by atoms with E-state index in [2.05, 4.69) is 20.9 Å². The topological polar surface area (TPSA) is 70.6 Å². The van der Waals surface area contributed by atoms with E-state index < -0.39 is 0 Å². The molecule has 1 fully saturated rings. The molecule has 0 bridgehead atoms. The molecule has 8 heteroatoms. The number of anilines is 1. The number of H-pyrrole nitrogens is 1. The van der Waals surface area contributed by atoms with Crippen molar-refractivity contribution >= 4 is 27.9 Å². The molecule has 1 aromatic carbocycles. The first kappa shape index (κ1) is 18.8. The highest BCUT2D eigenvalue weighted by molar-refractivity contribution is 7.11. The van der Waals surface area contributed by atoms with Crippen molar-refractivity contribution in [2.45, 2.75) is 13.5 Å². The standard InChI is InChI=1S/C20H24N4O3S/c1-14-18-15(13-28-14)21-20(26)24(19(18)25)12-9-22-7-10-23(11-8-22)16-5-3-4-6-17(16)27-2/h3-6,13H,7-12H2,1-2H3,(H,21,26). The number of hydrogen-bond acceptors (Lipinski definition) is 6. The number of nitrogens with one attached hydrogen (secondary N) is 1. The van der Waals surface area contributed by atoms with Crippen LogP contribution in [0.5, 0.6) is 5.75 Å². The number of thiophene rings is 1. The lowest BCUT2D eigenvalue weighted by Crippen LogP contribution is -2.48. The summed E-state index contributed by atoms with van der Waals surface area (Å²) in [5, 5.41) is 2.46. The van der Waals surface area contributed by atoms with Gasteiger partial charge in [-0.3, -0.25) is 14.3 Å². The molecule has 1 aliphatic heterocycles. The molecule has 0 amide bonds. The zero-order chi connectivity index (χ0) is 19.7. The molecule has 1 N–H and O–H groups in total. The largest absolute Gasteiger partial charge is 0.495 e. The van der Waals surface area contributed by atoms with E-state index in [1.165, 1.54) is 15.9 Å².